The number of halogens is 1. The number of anilines is 1. The topological polar surface area (TPSA) is 54.5 Å². The van der Waals surface area contributed by atoms with Gasteiger partial charge in [-0.2, -0.15) is 0 Å². The summed E-state index contributed by atoms with van der Waals surface area (Å²) >= 11 is 1.40. The molecule has 0 bridgehead atoms. The molecule has 4 nitrogen and oxygen atoms in total. The van der Waals surface area contributed by atoms with Crippen molar-refractivity contribution < 1.29 is 17.6 Å². The minimum Gasteiger partial charge on any atom is -0.311 e. The third kappa shape index (κ3) is 3.46. The Morgan fingerprint density at radius 3 is 2.95 bits per heavy atom. The third-order valence-corrected chi connectivity index (χ3v) is 7.37. The number of aryl methyl sites for hydroxylation is 1. The number of nitrogens with zero attached hydrogens (tertiary/aromatic N) is 1. The molecule has 1 aromatic carbocycles. The molecule has 2 heterocycles. The molecule has 0 aromatic heterocycles. The number of hydrogen-bond donors (Lipinski definition) is 0. The molecule has 2 aliphatic rings. The minimum atomic E-state index is -2.92. The number of sulfone groups is 1. The third-order valence-electron chi connectivity index (χ3n) is 4.10. The highest BCUT2D eigenvalue weighted by molar-refractivity contribution is 8.02. The lowest BCUT2D eigenvalue weighted by atomic mass is 10.0. The summed E-state index contributed by atoms with van der Waals surface area (Å²) in [5.41, 5.74) is 1.66. The van der Waals surface area contributed by atoms with E-state index in [-0.39, 0.29) is 34.2 Å². The van der Waals surface area contributed by atoms with Crippen molar-refractivity contribution in [2.24, 2.45) is 0 Å². The quantitative estimate of drug-likeness (QED) is 0.843. The fourth-order valence-corrected chi connectivity index (χ4v) is 6.48. The molecule has 1 saturated heterocycles. The van der Waals surface area contributed by atoms with E-state index < -0.39 is 9.84 Å². The Bertz CT molecular complexity index is 690. The first kappa shape index (κ1) is 15.8. The molecule has 1 fully saturated rings. The molecular formula is C15H18FNO3S2. The predicted octanol–water partition coefficient (Wildman–Crippen LogP) is 2.03. The zero-order chi connectivity index (χ0) is 15.7. The molecule has 3 rings (SSSR count). The maximum absolute atomic E-state index is 13.4. The Hall–Kier alpha value is -1.08. The van der Waals surface area contributed by atoms with Gasteiger partial charge in [0.05, 0.1) is 17.3 Å². The Morgan fingerprint density at radius 1 is 1.41 bits per heavy atom. The van der Waals surface area contributed by atoms with Crippen molar-refractivity contribution in [3.05, 3.63) is 29.6 Å². The highest BCUT2D eigenvalue weighted by Crippen LogP contribution is 2.30. The fourth-order valence-electron chi connectivity index (χ4n) is 2.97. The summed E-state index contributed by atoms with van der Waals surface area (Å²) in [7, 11) is -2.92. The van der Waals surface area contributed by atoms with Gasteiger partial charge in [-0.25, -0.2) is 12.8 Å². The van der Waals surface area contributed by atoms with Crippen LogP contribution in [0.5, 0.6) is 0 Å². The molecule has 0 spiro atoms. The average Bonchev–Trinajstić information content (AvgIpc) is 2.83. The van der Waals surface area contributed by atoms with Crippen molar-refractivity contribution in [1.82, 2.24) is 0 Å². The van der Waals surface area contributed by atoms with Crippen molar-refractivity contribution in [3.8, 4) is 0 Å². The number of benzene rings is 1. The lowest BCUT2D eigenvalue weighted by molar-refractivity contribution is -0.116. The molecule has 0 aliphatic carbocycles. The number of fused-ring (bicyclic) bond motifs is 1. The van der Waals surface area contributed by atoms with E-state index in [0.717, 1.165) is 18.4 Å². The molecule has 1 aromatic rings. The molecule has 0 N–H and O–H groups in total. The van der Waals surface area contributed by atoms with Gasteiger partial charge in [-0.1, -0.05) is 6.07 Å². The highest BCUT2D eigenvalue weighted by Gasteiger charge is 2.30. The summed E-state index contributed by atoms with van der Waals surface area (Å²) in [5.74, 6) is 0.219. The van der Waals surface area contributed by atoms with Gasteiger partial charge in [0.15, 0.2) is 9.84 Å². The Balaban J connectivity index is 1.65. The molecule has 0 unspecified atom stereocenters. The number of amides is 1. The average molecular weight is 343 g/mol. The largest absolute Gasteiger partial charge is 0.311 e. The monoisotopic (exact) mass is 343 g/mol. The first-order valence-electron chi connectivity index (χ1n) is 7.35. The van der Waals surface area contributed by atoms with E-state index in [9.17, 15) is 17.6 Å². The fraction of sp³-hybridized carbons (Fsp3) is 0.533. The maximum atomic E-state index is 13.4. The van der Waals surface area contributed by atoms with Crippen molar-refractivity contribution in [1.29, 1.82) is 0 Å². The Morgan fingerprint density at radius 2 is 2.23 bits per heavy atom. The standard InChI is InChI=1S/C15H18FNO3S2/c16-12-4-3-11-2-1-6-17(14(11)8-12)15(18)9-21-13-5-7-22(19,20)10-13/h3-4,8,13H,1-2,5-7,9-10H2/t13-/m1/s1. The van der Waals surface area contributed by atoms with Crippen LogP contribution >= 0.6 is 11.8 Å². The van der Waals surface area contributed by atoms with Gasteiger partial charge in [0.25, 0.3) is 0 Å². The second-order valence-electron chi connectivity index (χ2n) is 5.76. The summed E-state index contributed by atoms with van der Waals surface area (Å²) in [4.78, 5) is 14.1. The molecule has 22 heavy (non-hydrogen) atoms. The van der Waals surface area contributed by atoms with Gasteiger partial charge in [-0.3, -0.25) is 4.79 Å². The van der Waals surface area contributed by atoms with E-state index in [4.69, 9.17) is 0 Å². The van der Waals surface area contributed by atoms with Gasteiger partial charge in [-0.15, -0.1) is 11.8 Å². The number of thioether (sulfide) groups is 1. The summed E-state index contributed by atoms with van der Waals surface area (Å²) in [6.45, 7) is 0.596. The molecular weight excluding hydrogens is 325 g/mol. The van der Waals surface area contributed by atoms with Crippen LogP contribution in [0.1, 0.15) is 18.4 Å². The first-order valence-corrected chi connectivity index (χ1v) is 10.2. The summed E-state index contributed by atoms with van der Waals surface area (Å²) in [5, 5.41) is 0.00530. The van der Waals surface area contributed by atoms with Crippen LogP contribution in [-0.4, -0.2) is 43.4 Å². The van der Waals surface area contributed by atoms with Gasteiger partial charge in [0.1, 0.15) is 5.82 Å². The molecule has 0 radical (unpaired) electrons. The van der Waals surface area contributed by atoms with E-state index in [1.165, 1.54) is 23.9 Å². The zero-order valence-corrected chi connectivity index (χ0v) is 13.8. The number of rotatable bonds is 3. The highest BCUT2D eigenvalue weighted by atomic mass is 32.2. The zero-order valence-electron chi connectivity index (χ0n) is 12.1. The number of carbonyl (C=O) groups is 1. The SMILES string of the molecule is O=C(CS[C@@H]1CCS(=O)(=O)C1)N1CCCc2ccc(F)cc21. The Kier molecular flexibility index (Phi) is 4.45. The van der Waals surface area contributed by atoms with E-state index in [1.54, 1.807) is 11.0 Å². The lowest BCUT2D eigenvalue weighted by Crippen LogP contribution is -2.37. The van der Waals surface area contributed by atoms with Crippen LogP contribution < -0.4 is 4.90 Å². The number of carbonyl (C=O) groups excluding carboxylic acids is 1. The van der Waals surface area contributed by atoms with Gasteiger partial charge < -0.3 is 4.90 Å². The second kappa shape index (κ2) is 6.20. The van der Waals surface area contributed by atoms with Crippen molar-refractivity contribution in [3.63, 3.8) is 0 Å². The molecule has 2 aliphatic heterocycles. The maximum Gasteiger partial charge on any atom is 0.236 e. The van der Waals surface area contributed by atoms with Gasteiger partial charge >= 0.3 is 0 Å². The van der Waals surface area contributed by atoms with Crippen LogP contribution in [0.3, 0.4) is 0 Å². The second-order valence-corrected chi connectivity index (χ2v) is 9.28. The van der Waals surface area contributed by atoms with Gasteiger partial charge in [-0.05, 0) is 37.0 Å². The number of hydrogen-bond acceptors (Lipinski definition) is 4. The van der Waals surface area contributed by atoms with Crippen LogP contribution in [0.4, 0.5) is 10.1 Å². The van der Waals surface area contributed by atoms with Gasteiger partial charge in [0.2, 0.25) is 5.91 Å². The van der Waals surface area contributed by atoms with E-state index in [1.807, 2.05) is 0 Å². The van der Waals surface area contributed by atoms with Crippen LogP contribution in [0.2, 0.25) is 0 Å². The Labute approximate surface area is 134 Å². The van der Waals surface area contributed by atoms with Crippen LogP contribution in [0, 0.1) is 5.82 Å². The molecule has 1 amide bonds. The summed E-state index contributed by atoms with van der Waals surface area (Å²) < 4.78 is 36.3. The first-order chi connectivity index (χ1) is 10.4. The van der Waals surface area contributed by atoms with Crippen molar-refractivity contribution in [2.45, 2.75) is 24.5 Å². The molecule has 0 saturated carbocycles. The molecule has 1 atom stereocenters. The lowest BCUT2D eigenvalue weighted by Gasteiger charge is -2.29. The van der Waals surface area contributed by atoms with Crippen LogP contribution in [0.25, 0.3) is 0 Å². The molecule has 120 valence electrons. The van der Waals surface area contributed by atoms with Crippen LogP contribution in [-0.2, 0) is 21.1 Å². The van der Waals surface area contributed by atoms with Crippen molar-refractivity contribution in [2.75, 3.05) is 28.7 Å². The normalized spacial score (nSPS) is 23.3. The van der Waals surface area contributed by atoms with Crippen molar-refractivity contribution >= 4 is 33.2 Å². The van der Waals surface area contributed by atoms with Crippen LogP contribution in [0.15, 0.2) is 18.2 Å². The van der Waals surface area contributed by atoms with E-state index in [2.05, 4.69) is 0 Å². The smallest absolute Gasteiger partial charge is 0.236 e. The molecule has 7 heteroatoms. The van der Waals surface area contributed by atoms with E-state index in [0.29, 0.717) is 18.7 Å². The summed E-state index contributed by atoms with van der Waals surface area (Å²) in [6, 6.07) is 4.57. The predicted molar refractivity (Wildman–Crippen MR) is 86.6 cm³/mol. The minimum absolute atomic E-state index is 0.00530. The van der Waals surface area contributed by atoms with Gasteiger partial charge in [0, 0.05) is 17.5 Å². The summed E-state index contributed by atoms with van der Waals surface area (Å²) in [6.07, 6.45) is 2.34. The van der Waals surface area contributed by atoms with E-state index >= 15 is 0 Å².